The smallest absolute Gasteiger partial charge is 0.127 e. The highest BCUT2D eigenvalue weighted by Gasteiger charge is 2.27. The minimum absolute atomic E-state index is 0.0242. The van der Waals surface area contributed by atoms with E-state index in [1.165, 1.54) is 11.6 Å². The van der Waals surface area contributed by atoms with Crippen LogP contribution in [-0.2, 0) is 0 Å². The van der Waals surface area contributed by atoms with Crippen LogP contribution in [-0.4, -0.2) is 18.0 Å². The van der Waals surface area contributed by atoms with Crippen LogP contribution in [0, 0.1) is 5.82 Å². The van der Waals surface area contributed by atoms with Gasteiger partial charge in [0.1, 0.15) is 5.82 Å². The number of nitrogens with two attached hydrogens (primary N) is 1. The van der Waals surface area contributed by atoms with Crippen molar-refractivity contribution in [1.82, 2.24) is 4.90 Å². The lowest BCUT2D eigenvalue weighted by Crippen LogP contribution is -2.38. The fraction of sp³-hybridized carbons (Fsp3) is 0.375. The predicted molar refractivity (Wildman–Crippen MR) is 83.3 cm³/mol. The van der Waals surface area contributed by atoms with E-state index in [-0.39, 0.29) is 23.9 Å². The van der Waals surface area contributed by atoms with Crippen molar-refractivity contribution in [3.8, 4) is 0 Å². The lowest BCUT2D eigenvalue weighted by molar-refractivity contribution is 0.163. The van der Waals surface area contributed by atoms with Gasteiger partial charge in [-0.1, -0.05) is 18.2 Å². The van der Waals surface area contributed by atoms with E-state index in [0.29, 0.717) is 5.56 Å². The van der Waals surface area contributed by atoms with E-state index in [4.69, 9.17) is 5.73 Å². The lowest BCUT2D eigenvalue weighted by atomic mass is 9.98. The zero-order valence-corrected chi connectivity index (χ0v) is 12.9. The molecule has 0 aliphatic rings. The molecule has 0 amide bonds. The van der Waals surface area contributed by atoms with Gasteiger partial charge in [-0.05, 0) is 49.4 Å². The number of hydrogen-bond donors (Lipinski definition) is 1. The van der Waals surface area contributed by atoms with Crippen LogP contribution in [0.5, 0.6) is 0 Å². The maximum absolute atomic E-state index is 14.0. The van der Waals surface area contributed by atoms with Crippen molar-refractivity contribution in [2.45, 2.75) is 32.0 Å². The third-order valence-corrected chi connectivity index (χ3v) is 4.49. The molecule has 0 aliphatic heterocycles. The Morgan fingerprint density at radius 3 is 2.45 bits per heavy atom. The van der Waals surface area contributed by atoms with Crippen LogP contribution in [0.15, 0.2) is 41.1 Å². The van der Waals surface area contributed by atoms with Gasteiger partial charge >= 0.3 is 0 Å². The second-order valence-corrected chi connectivity index (χ2v) is 6.00. The molecule has 2 aromatic rings. The summed E-state index contributed by atoms with van der Waals surface area (Å²) in [7, 11) is 2.00. The molecule has 2 rings (SSSR count). The minimum atomic E-state index is -0.166. The zero-order chi connectivity index (χ0) is 14.7. The van der Waals surface area contributed by atoms with E-state index >= 15 is 0 Å². The number of nitrogens with zero attached hydrogens (tertiary/aromatic N) is 1. The average Bonchev–Trinajstić information content (AvgIpc) is 2.92. The standard InChI is InChI=1S/C16H21FN2S/c1-11(18)16(13-8-9-20-10-13)19(3)12(2)14-6-4-5-7-15(14)17/h4-12,16H,18H2,1-3H3. The van der Waals surface area contributed by atoms with Crippen molar-refractivity contribution in [2.75, 3.05) is 7.05 Å². The average molecular weight is 292 g/mol. The van der Waals surface area contributed by atoms with Gasteiger partial charge in [0.15, 0.2) is 0 Å². The molecule has 3 unspecified atom stereocenters. The van der Waals surface area contributed by atoms with Crippen LogP contribution in [0.25, 0.3) is 0 Å². The van der Waals surface area contributed by atoms with Crippen LogP contribution in [0.4, 0.5) is 4.39 Å². The van der Waals surface area contributed by atoms with Gasteiger partial charge in [0.2, 0.25) is 0 Å². The Morgan fingerprint density at radius 2 is 1.90 bits per heavy atom. The van der Waals surface area contributed by atoms with E-state index < -0.39 is 0 Å². The Kier molecular flexibility index (Phi) is 4.91. The number of thiophene rings is 1. The highest BCUT2D eigenvalue weighted by molar-refractivity contribution is 7.07. The molecule has 1 aromatic heterocycles. The topological polar surface area (TPSA) is 29.3 Å². The molecular weight excluding hydrogens is 271 g/mol. The second-order valence-electron chi connectivity index (χ2n) is 5.22. The normalized spacial score (nSPS) is 16.1. The SMILES string of the molecule is CC(N)C(c1ccsc1)N(C)C(C)c1ccccc1F. The molecule has 4 heteroatoms. The molecule has 2 nitrogen and oxygen atoms in total. The number of likely N-dealkylation sites (N-methyl/N-ethyl adjacent to an activating group) is 1. The third-order valence-electron chi connectivity index (χ3n) is 3.79. The van der Waals surface area contributed by atoms with Crippen LogP contribution in [0.3, 0.4) is 0 Å². The monoisotopic (exact) mass is 292 g/mol. The Bertz CT molecular complexity index is 539. The highest BCUT2D eigenvalue weighted by atomic mass is 32.1. The summed E-state index contributed by atoms with van der Waals surface area (Å²) >= 11 is 1.66. The first-order valence-electron chi connectivity index (χ1n) is 6.76. The largest absolute Gasteiger partial charge is 0.326 e. The summed E-state index contributed by atoms with van der Waals surface area (Å²) in [6.45, 7) is 4.01. The van der Waals surface area contributed by atoms with Crippen molar-refractivity contribution in [1.29, 1.82) is 0 Å². The van der Waals surface area contributed by atoms with E-state index in [0.717, 1.165) is 0 Å². The first-order valence-corrected chi connectivity index (χ1v) is 7.70. The molecule has 1 heterocycles. The van der Waals surface area contributed by atoms with Gasteiger partial charge in [-0.2, -0.15) is 11.3 Å². The summed E-state index contributed by atoms with van der Waals surface area (Å²) in [4.78, 5) is 2.14. The molecule has 0 saturated heterocycles. The van der Waals surface area contributed by atoms with Crippen molar-refractivity contribution in [3.63, 3.8) is 0 Å². The molecule has 20 heavy (non-hydrogen) atoms. The van der Waals surface area contributed by atoms with Crippen molar-refractivity contribution in [2.24, 2.45) is 5.73 Å². The zero-order valence-electron chi connectivity index (χ0n) is 12.1. The van der Waals surface area contributed by atoms with E-state index in [1.807, 2.05) is 38.4 Å². The molecule has 108 valence electrons. The van der Waals surface area contributed by atoms with Gasteiger partial charge in [0, 0.05) is 17.6 Å². The molecule has 2 N–H and O–H groups in total. The summed E-state index contributed by atoms with van der Waals surface area (Å²) in [5.74, 6) is -0.166. The third kappa shape index (κ3) is 3.08. The quantitative estimate of drug-likeness (QED) is 0.903. The Hall–Kier alpha value is -1.23. The number of hydrogen-bond acceptors (Lipinski definition) is 3. The van der Waals surface area contributed by atoms with Crippen molar-refractivity contribution >= 4 is 11.3 Å². The fourth-order valence-corrected chi connectivity index (χ4v) is 3.32. The van der Waals surface area contributed by atoms with Gasteiger partial charge in [-0.15, -0.1) is 0 Å². The van der Waals surface area contributed by atoms with Gasteiger partial charge in [0.25, 0.3) is 0 Å². The van der Waals surface area contributed by atoms with Gasteiger partial charge in [0.05, 0.1) is 6.04 Å². The van der Waals surface area contributed by atoms with E-state index in [2.05, 4.69) is 16.3 Å². The summed E-state index contributed by atoms with van der Waals surface area (Å²) in [6.07, 6.45) is 0. The highest BCUT2D eigenvalue weighted by Crippen LogP contribution is 2.32. The first kappa shape index (κ1) is 15.2. The van der Waals surface area contributed by atoms with Crippen LogP contribution in [0.1, 0.15) is 37.1 Å². The predicted octanol–water partition coefficient (Wildman–Crippen LogP) is 3.97. The molecule has 0 fully saturated rings. The summed E-state index contributed by atoms with van der Waals surface area (Å²) in [5.41, 5.74) is 8.05. The number of halogens is 1. The van der Waals surface area contributed by atoms with Crippen LogP contribution >= 0.6 is 11.3 Å². The van der Waals surface area contributed by atoms with Gasteiger partial charge in [-0.3, -0.25) is 4.90 Å². The molecule has 0 bridgehead atoms. The first-order chi connectivity index (χ1) is 9.52. The number of benzene rings is 1. The second kappa shape index (κ2) is 6.48. The summed E-state index contributed by atoms with van der Waals surface area (Å²) in [5, 5.41) is 4.16. The molecular formula is C16H21FN2S. The maximum atomic E-state index is 14.0. The summed E-state index contributed by atoms with van der Waals surface area (Å²) < 4.78 is 14.0. The van der Waals surface area contributed by atoms with Crippen molar-refractivity contribution < 1.29 is 4.39 Å². The van der Waals surface area contributed by atoms with Crippen LogP contribution in [0.2, 0.25) is 0 Å². The van der Waals surface area contributed by atoms with E-state index in [9.17, 15) is 4.39 Å². The molecule has 0 spiro atoms. The fourth-order valence-electron chi connectivity index (χ4n) is 2.63. The molecule has 1 aromatic carbocycles. The number of rotatable bonds is 5. The molecule has 0 aliphatic carbocycles. The van der Waals surface area contributed by atoms with Crippen molar-refractivity contribution in [3.05, 3.63) is 58.0 Å². The molecule has 0 radical (unpaired) electrons. The summed E-state index contributed by atoms with van der Waals surface area (Å²) in [6, 6.07) is 9.03. The maximum Gasteiger partial charge on any atom is 0.127 e. The Labute approximate surface area is 124 Å². The van der Waals surface area contributed by atoms with Crippen LogP contribution < -0.4 is 5.73 Å². The van der Waals surface area contributed by atoms with E-state index in [1.54, 1.807) is 17.4 Å². The lowest BCUT2D eigenvalue weighted by Gasteiger charge is -2.35. The minimum Gasteiger partial charge on any atom is -0.326 e. The molecule has 3 atom stereocenters. The van der Waals surface area contributed by atoms with Gasteiger partial charge in [-0.25, -0.2) is 4.39 Å². The molecule has 0 saturated carbocycles. The Balaban J connectivity index is 2.28. The van der Waals surface area contributed by atoms with Gasteiger partial charge < -0.3 is 5.73 Å². The Morgan fingerprint density at radius 1 is 1.20 bits per heavy atom.